The fourth-order valence-corrected chi connectivity index (χ4v) is 3.72. The highest BCUT2D eigenvalue weighted by Crippen LogP contribution is 2.38. The third-order valence-corrected chi connectivity index (χ3v) is 5.16. The summed E-state index contributed by atoms with van der Waals surface area (Å²) in [4.78, 5) is 14.5. The fraction of sp³-hybridized carbons (Fsp3) is 0.500. The van der Waals surface area contributed by atoms with Gasteiger partial charge in [-0.1, -0.05) is 12.5 Å². The minimum absolute atomic E-state index is 0.114. The van der Waals surface area contributed by atoms with Crippen LogP contribution in [0.3, 0.4) is 0 Å². The molecule has 2 aliphatic rings. The summed E-state index contributed by atoms with van der Waals surface area (Å²) in [5.74, 6) is 1.58. The van der Waals surface area contributed by atoms with Gasteiger partial charge in [0.1, 0.15) is 0 Å². The zero-order valence-electron chi connectivity index (χ0n) is 10.2. The first kappa shape index (κ1) is 12.0. The van der Waals surface area contributed by atoms with Crippen LogP contribution < -0.4 is 5.73 Å². The van der Waals surface area contributed by atoms with Crippen LogP contribution in [0.25, 0.3) is 0 Å². The van der Waals surface area contributed by atoms with Crippen molar-refractivity contribution in [2.75, 3.05) is 18.8 Å². The van der Waals surface area contributed by atoms with E-state index in [9.17, 15) is 4.79 Å². The predicted octanol–water partition coefficient (Wildman–Crippen LogP) is 2.90. The summed E-state index contributed by atoms with van der Waals surface area (Å²) in [7, 11) is 0. The smallest absolute Gasteiger partial charge is 0.255 e. The first-order chi connectivity index (χ1) is 8.66. The number of likely N-dealkylation sites (tertiary alicyclic amines) is 1. The number of nitrogen functional groups attached to an aromatic ring is 1. The van der Waals surface area contributed by atoms with E-state index in [2.05, 4.69) is 15.9 Å². The molecule has 2 unspecified atom stereocenters. The van der Waals surface area contributed by atoms with E-state index in [0.717, 1.165) is 29.4 Å². The number of carbonyl (C=O) groups excluding carboxylic acids is 1. The van der Waals surface area contributed by atoms with Crippen LogP contribution in [-0.2, 0) is 0 Å². The number of hydrogen-bond acceptors (Lipinski definition) is 2. The standard InChI is InChI=1S/C14H17BrN2O/c15-13-11(5-2-6-12(13)16)14(18)17-7-9-3-1-4-10(9)8-17/h2,5-6,9-10H,1,3-4,7-8,16H2. The Morgan fingerprint density at radius 1 is 1.28 bits per heavy atom. The molecule has 1 aliphatic heterocycles. The molecule has 1 amide bonds. The summed E-state index contributed by atoms with van der Waals surface area (Å²) >= 11 is 3.42. The molecule has 2 N–H and O–H groups in total. The number of halogens is 1. The van der Waals surface area contributed by atoms with Crippen LogP contribution in [0.5, 0.6) is 0 Å². The highest BCUT2D eigenvalue weighted by molar-refractivity contribution is 9.10. The Labute approximate surface area is 115 Å². The Hall–Kier alpha value is -1.03. The second-order valence-electron chi connectivity index (χ2n) is 5.37. The first-order valence-electron chi connectivity index (χ1n) is 6.50. The third-order valence-electron chi connectivity index (χ3n) is 4.27. The van der Waals surface area contributed by atoms with Crippen LogP contribution in [0.2, 0.25) is 0 Å². The summed E-state index contributed by atoms with van der Waals surface area (Å²) in [5.41, 5.74) is 7.15. The van der Waals surface area contributed by atoms with Gasteiger partial charge in [-0.3, -0.25) is 4.79 Å². The minimum Gasteiger partial charge on any atom is -0.398 e. The SMILES string of the molecule is Nc1cccc(C(=O)N2CC3CCCC3C2)c1Br. The molecule has 2 atom stereocenters. The molecular formula is C14H17BrN2O. The zero-order valence-corrected chi connectivity index (χ0v) is 11.8. The van der Waals surface area contributed by atoms with Crippen molar-refractivity contribution < 1.29 is 4.79 Å². The topological polar surface area (TPSA) is 46.3 Å². The van der Waals surface area contributed by atoms with E-state index >= 15 is 0 Å². The van der Waals surface area contributed by atoms with Gasteiger partial charge >= 0.3 is 0 Å². The number of amides is 1. The van der Waals surface area contributed by atoms with Gasteiger partial charge in [0.2, 0.25) is 0 Å². The molecule has 3 nitrogen and oxygen atoms in total. The van der Waals surface area contributed by atoms with Gasteiger partial charge in [-0.25, -0.2) is 0 Å². The van der Waals surface area contributed by atoms with Gasteiger partial charge in [0, 0.05) is 18.8 Å². The summed E-state index contributed by atoms with van der Waals surface area (Å²) in [5, 5.41) is 0. The van der Waals surface area contributed by atoms with Crippen molar-refractivity contribution in [1.82, 2.24) is 4.90 Å². The molecule has 2 fully saturated rings. The molecule has 4 heteroatoms. The van der Waals surface area contributed by atoms with E-state index in [-0.39, 0.29) is 5.91 Å². The van der Waals surface area contributed by atoms with E-state index < -0.39 is 0 Å². The number of rotatable bonds is 1. The summed E-state index contributed by atoms with van der Waals surface area (Å²) < 4.78 is 0.729. The minimum atomic E-state index is 0.114. The Bertz CT molecular complexity index is 477. The quantitative estimate of drug-likeness (QED) is 0.811. The second-order valence-corrected chi connectivity index (χ2v) is 6.16. The van der Waals surface area contributed by atoms with Crippen molar-refractivity contribution >= 4 is 27.5 Å². The zero-order chi connectivity index (χ0) is 12.7. The predicted molar refractivity (Wildman–Crippen MR) is 75.3 cm³/mol. The monoisotopic (exact) mass is 308 g/mol. The third kappa shape index (κ3) is 1.92. The molecule has 1 saturated carbocycles. The maximum Gasteiger partial charge on any atom is 0.255 e. The number of anilines is 1. The molecule has 1 saturated heterocycles. The van der Waals surface area contributed by atoms with Crippen molar-refractivity contribution in [3.63, 3.8) is 0 Å². The van der Waals surface area contributed by atoms with Crippen molar-refractivity contribution in [2.24, 2.45) is 11.8 Å². The van der Waals surface area contributed by atoms with Crippen molar-refractivity contribution in [2.45, 2.75) is 19.3 Å². The Balaban J connectivity index is 1.81. The van der Waals surface area contributed by atoms with Gasteiger partial charge in [0.15, 0.2) is 0 Å². The lowest BCUT2D eigenvalue weighted by atomic mass is 10.0. The van der Waals surface area contributed by atoms with Crippen LogP contribution >= 0.6 is 15.9 Å². The van der Waals surface area contributed by atoms with Gasteiger partial charge < -0.3 is 10.6 Å². The van der Waals surface area contributed by atoms with Gasteiger partial charge in [-0.15, -0.1) is 0 Å². The number of benzene rings is 1. The first-order valence-corrected chi connectivity index (χ1v) is 7.29. The Morgan fingerprint density at radius 2 is 1.94 bits per heavy atom. The average Bonchev–Trinajstić information content (AvgIpc) is 2.92. The molecule has 1 heterocycles. The summed E-state index contributed by atoms with van der Waals surface area (Å²) in [6.45, 7) is 1.84. The molecule has 0 bridgehead atoms. The Morgan fingerprint density at radius 3 is 2.61 bits per heavy atom. The molecule has 3 rings (SSSR count). The lowest BCUT2D eigenvalue weighted by molar-refractivity contribution is 0.0780. The largest absolute Gasteiger partial charge is 0.398 e. The number of fused-ring (bicyclic) bond motifs is 1. The summed E-state index contributed by atoms with van der Waals surface area (Å²) in [6, 6.07) is 5.49. The fourth-order valence-electron chi connectivity index (χ4n) is 3.29. The molecule has 1 aliphatic carbocycles. The lowest BCUT2D eigenvalue weighted by Gasteiger charge is -2.18. The Kier molecular flexibility index (Phi) is 3.06. The summed E-state index contributed by atoms with van der Waals surface area (Å²) in [6.07, 6.45) is 3.90. The van der Waals surface area contributed by atoms with Gasteiger partial charge in [0.25, 0.3) is 5.91 Å². The molecular weight excluding hydrogens is 292 g/mol. The van der Waals surface area contributed by atoms with Crippen LogP contribution in [0.15, 0.2) is 22.7 Å². The maximum atomic E-state index is 12.5. The molecule has 0 spiro atoms. The highest BCUT2D eigenvalue weighted by atomic mass is 79.9. The van der Waals surface area contributed by atoms with E-state index in [1.807, 2.05) is 17.0 Å². The molecule has 0 radical (unpaired) electrons. The van der Waals surface area contributed by atoms with E-state index in [0.29, 0.717) is 11.3 Å². The number of hydrogen-bond donors (Lipinski definition) is 1. The normalized spacial score (nSPS) is 26.4. The molecule has 96 valence electrons. The lowest BCUT2D eigenvalue weighted by Crippen LogP contribution is -2.29. The van der Waals surface area contributed by atoms with E-state index in [1.54, 1.807) is 6.07 Å². The van der Waals surface area contributed by atoms with Crippen LogP contribution in [0, 0.1) is 11.8 Å². The number of nitrogens with zero attached hydrogens (tertiary/aromatic N) is 1. The van der Waals surface area contributed by atoms with E-state index in [4.69, 9.17) is 5.73 Å². The molecule has 0 aromatic heterocycles. The van der Waals surface area contributed by atoms with Gasteiger partial charge in [-0.2, -0.15) is 0 Å². The average molecular weight is 309 g/mol. The number of carbonyl (C=O) groups is 1. The van der Waals surface area contributed by atoms with Crippen LogP contribution in [0.4, 0.5) is 5.69 Å². The van der Waals surface area contributed by atoms with Gasteiger partial charge in [-0.05, 0) is 52.7 Å². The maximum absolute atomic E-state index is 12.5. The van der Waals surface area contributed by atoms with Crippen molar-refractivity contribution in [1.29, 1.82) is 0 Å². The van der Waals surface area contributed by atoms with Crippen molar-refractivity contribution in [3.05, 3.63) is 28.2 Å². The van der Waals surface area contributed by atoms with Crippen LogP contribution in [-0.4, -0.2) is 23.9 Å². The molecule has 18 heavy (non-hydrogen) atoms. The van der Waals surface area contributed by atoms with Crippen LogP contribution in [0.1, 0.15) is 29.6 Å². The molecule has 1 aromatic carbocycles. The molecule has 1 aromatic rings. The van der Waals surface area contributed by atoms with Gasteiger partial charge in [0.05, 0.1) is 10.0 Å². The second kappa shape index (κ2) is 4.57. The highest BCUT2D eigenvalue weighted by Gasteiger charge is 2.38. The van der Waals surface area contributed by atoms with Crippen molar-refractivity contribution in [3.8, 4) is 0 Å². The van der Waals surface area contributed by atoms with E-state index in [1.165, 1.54) is 19.3 Å². The number of nitrogens with two attached hydrogens (primary N) is 1.